The summed E-state index contributed by atoms with van der Waals surface area (Å²) < 4.78 is 5.56. The summed E-state index contributed by atoms with van der Waals surface area (Å²) in [5, 5.41) is 12.6. The second kappa shape index (κ2) is 7.71. The van der Waals surface area contributed by atoms with Crippen LogP contribution in [-0.2, 0) is 4.79 Å². The molecule has 4 nitrogen and oxygen atoms in total. The zero-order valence-electron chi connectivity index (χ0n) is 11.0. The third-order valence-electron chi connectivity index (χ3n) is 2.63. The summed E-state index contributed by atoms with van der Waals surface area (Å²) in [6.45, 7) is 4.74. The van der Waals surface area contributed by atoms with Gasteiger partial charge in [-0.2, -0.15) is 0 Å². The van der Waals surface area contributed by atoms with E-state index in [1.54, 1.807) is 0 Å². The van der Waals surface area contributed by atoms with E-state index >= 15 is 0 Å². The molecule has 0 bridgehead atoms. The SMILES string of the molecule is CCNC(=O)CCOc1ccccc1C(O)CC. The number of benzene rings is 1. The molecule has 0 aliphatic rings. The van der Waals surface area contributed by atoms with Crippen LogP contribution < -0.4 is 10.1 Å². The number of hydrogen-bond acceptors (Lipinski definition) is 3. The second-order valence-electron chi connectivity index (χ2n) is 4.01. The first-order valence-corrected chi connectivity index (χ1v) is 6.35. The van der Waals surface area contributed by atoms with Crippen LogP contribution in [0, 0.1) is 0 Å². The van der Waals surface area contributed by atoms with E-state index in [9.17, 15) is 9.90 Å². The lowest BCUT2D eigenvalue weighted by molar-refractivity contribution is -0.121. The summed E-state index contributed by atoms with van der Waals surface area (Å²) in [4.78, 5) is 11.3. The van der Waals surface area contributed by atoms with Crippen molar-refractivity contribution in [2.24, 2.45) is 0 Å². The van der Waals surface area contributed by atoms with Crippen molar-refractivity contribution in [3.63, 3.8) is 0 Å². The minimum Gasteiger partial charge on any atom is -0.493 e. The van der Waals surface area contributed by atoms with E-state index in [1.165, 1.54) is 0 Å². The van der Waals surface area contributed by atoms with Crippen molar-refractivity contribution in [3.8, 4) is 5.75 Å². The largest absolute Gasteiger partial charge is 0.493 e. The van der Waals surface area contributed by atoms with E-state index in [2.05, 4.69) is 5.32 Å². The van der Waals surface area contributed by atoms with Crippen LogP contribution >= 0.6 is 0 Å². The fraction of sp³-hybridized carbons (Fsp3) is 0.500. The molecular weight excluding hydrogens is 230 g/mol. The molecule has 0 aromatic heterocycles. The van der Waals surface area contributed by atoms with E-state index in [4.69, 9.17) is 4.74 Å². The second-order valence-corrected chi connectivity index (χ2v) is 4.01. The Balaban J connectivity index is 2.54. The van der Waals surface area contributed by atoms with Crippen molar-refractivity contribution in [2.75, 3.05) is 13.2 Å². The standard InChI is InChI=1S/C14H21NO3/c1-3-12(16)11-7-5-6-8-13(11)18-10-9-14(17)15-4-2/h5-8,12,16H,3-4,9-10H2,1-2H3,(H,15,17). The Labute approximate surface area is 108 Å². The molecule has 0 spiro atoms. The van der Waals surface area contributed by atoms with Crippen LogP contribution in [-0.4, -0.2) is 24.2 Å². The predicted molar refractivity (Wildman–Crippen MR) is 70.5 cm³/mol. The van der Waals surface area contributed by atoms with Crippen LogP contribution in [0.1, 0.15) is 38.4 Å². The normalized spacial score (nSPS) is 11.9. The number of hydrogen-bond donors (Lipinski definition) is 2. The van der Waals surface area contributed by atoms with E-state index in [1.807, 2.05) is 38.1 Å². The lowest BCUT2D eigenvalue weighted by Crippen LogP contribution is -2.24. The van der Waals surface area contributed by atoms with Gasteiger partial charge >= 0.3 is 0 Å². The lowest BCUT2D eigenvalue weighted by Gasteiger charge is -2.14. The lowest BCUT2D eigenvalue weighted by atomic mass is 10.1. The van der Waals surface area contributed by atoms with E-state index < -0.39 is 6.10 Å². The molecule has 0 aliphatic carbocycles. The number of aliphatic hydroxyl groups is 1. The first kappa shape index (κ1) is 14.5. The fourth-order valence-electron chi connectivity index (χ4n) is 1.65. The molecule has 0 radical (unpaired) electrons. The number of carbonyl (C=O) groups excluding carboxylic acids is 1. The molecular formula is C14H21NO3. The molecule has 0 heterocycles. The van der Waals surface area contributed by atoms with Crippen molar-refractivity contribution in [1.82, 2.24) is 5.32 Å². The minimum atomic E-state index is -0.523. The molecule has 2 N–H and O–H groups in total. The van der Waals surface area contributed by atoms with Gasteiger partial charge in [0.2, 0.25) is 5.91 Å². The summed E-state index contributed by atoms with van der Waals surface area (Å²) in [6.07, 6.45) is 0.437. The van der Waals surface area contributed by atoms with Gasteiger partial charge < -0.3 is 15.2 Å². The average Bonchev–Trinajstić information content (AvgIpc) is 2.39. The van der Waals surface area contributed by atoms with Gasteiger partial charge in [0.25, 0.3) is 0 Å². The smallest absolute Gasteiger partial charge is 0.223 e. The molecule has 0 saturated carbocycles. The van der Waals surface area contributed by atoms with Crippen LogP contribution in [0.4, 0.5) is 0 Å². The molecule has 0 saturated heterocycles. The quantitative estimate of drug-likeness (QED) is 0.779. The summed E-state index contributed by atoms with van der Waals surface area (Å²) in [5.74, 6) is 0.627. The van der Waals surface area contributed by atoms with Crippen molar-refractivity contribution in [1.29, 1.82) is 0 Å². The van der Waals surface area contributed by atoms with Crippen molar-refractivity contribution >= 4 is 5.91 Å². The summed E-state index contributed by atoms with van der Waals surface area (Å²) in [6, 6.07) is 7.37. The van der Waals surface area contributed by atoms with Gasteiger partial charge in [-0.3, -0.25) is 4.79 Å². The molecule has 100 valence electrons. The van der Waals surface area contributed by atoms with Gasteiger partial charge in [0, 0.05) is 12.1 Å². The number of aliphatic hydroxyl groups excluding tert-OH is 1. The maximum Gasteiger partial charge on any atom is 0.223 e. The molecule has 0 fully saturated rings. The maximum atomic E-state index is 11.3. The zero-order valence-corrected chi connectivity index (χ0v) is 11.0. The van der Waals surface area contributed by atoms with E-state index in [0.29, 0.717) is 31.7 Å². The van der Waals surface area contributed by atoms with Gasteiger partial charge in [-0.25, -0.2) is 0 Å². The van der Waals surface area contributed by atoms with E-state index in [0.717, 1.165) is 5.56 Å². The number of ether oxygens (including phenoxy) is 1. The highest BCUT2D eigenvalue weighted by Gasteiger charge is 2.11. The first-order valence-electron chi connectivity index (χ1n) is 6.35. The highest BCUT2D eigenvalue weighted by molar-refractivity contribution is 5.75. The van der Waals surface area contributed by atoms with Crippen molar-refractivity contribution in [2.45, 2.75) is 32.8 Å². The molecule has 1 aromatic rings. The topological polar surface area (TPSA) is 58.6 Å². The van der Waals surface area contributed by atoms with Gasteiger partial charge in [-0.05, 0) is 19.4 Å². The molecule has 18 heavy (non-hydrogen) atoms. The van der Waals surface area contributed by atoms with Crippen LogP contribution in [0.2, 0.25) is 0 Å². The van der Waals surface area contributed by atoms with Gasteiger partial charge in [0.05, 0.1) is 19.1 Å². The molecule has 0 aliphatic heterocycles. The van der Waals surface area contributed by atoms with Crippen LogP contribution in [0.15, 0.2) is 24.3 Å². The molecule has 1 amide bonds. The molecule has 1 rings (SSSR count). The monoisotopic (exact) mass is 251 g/mol. The van der Waals surface area contributed by atoms with Gasteiger partial charge in [-0.1, -0.05) is 25.1 Å². The Morgan fingerprint density at radius 3 is 2.78 bits per heavy atom. The minimum absolute atomic E-state index is 0.0222. The maximum absolute atomic E-state index is 11.3. The summed E-state index contributed by atoms with van der Waals surface area (Å²) in [7, 11) is 0. The predicted octanol–water partition coefficient (Wildman–Crippen LogP) is 2.04. The van der Waals surface area contributed by atoms with Crippen LogP contribution in [0.3, 0.4) is 0 Å². The average molecular weight is 251 g/mol. The molecule has 1 atom stereocenters. The van der Waals surface area contributed by atoms with Crippen molar-refractivity contribution in [3.05, 3.63) is 29.8 Å². The Hall–Kier alpha value is -1.55. The Kier molecular flexibility index (Phi) is 6.22. The van der Waals surface area contributed by atoms with Gasteiger partial charge in [0.1, 0.15) is 5.75 Å². The molecule has 4 heteroatoms. The van der Waals surface area contributed by atoms with Crippen LogP contribution in [0.25, 0.3) is 0 Å². The number of para-hydroxylation sites is 1. The Bertz CT molecular complexity index is 379. The summed E-state index contributed by atoms with van der Waals surface area (Å²) >= 11 is 0. The number of carbonyl (C=O) groups is 1. The highest BCUT2D eigenvalue weighted by atomic mass is 16.5. The third-order valence-corrected chi connectivity index (χ3v) is 2.63. The molecule has 1 unspecified atom stereocenters. The molecule has 1 aromatic carbocycles. The Morgan fingerprint density at radius 2 is 2.11 bits per heavy atom. The fourth-order valence-corrected chi connectivity index (χ4v) is 1.65. The third kappa shape index (κ3) is 4.37. The van der Waals surface area contributed by atoms with Gasteiger partial charge in [0.15, 0.2) is 0 Å². The summed E-state index contributed by atoms with van der Waals surface area (Å²) in [5.41, 5.74) is 0.774. The highest BCUT2D eigenvalue weighted by Crippen LogP contribution is 2.26. The van der Waals surface area contributed by atoms with Crippen molar-refractivity contribution < 1.29 is 14.6 Å². The number of amides is 1. The van der Waals surface area contributed by atoms with E-state index in [-0.39, 0.29) is 5.91 Å². The number of rotatable bonds is 7. The first-order chi connectivity index (χ1) is 8.69. The van der Waals surface area contributed by atoms with Crippen LogP contribution in [0.5, 0.6) is 5.75 Å². The Morgan fingerprint density at radius 1 is 1.39 bits per heavy atom. The zero-order chi connectivity index (χ0) is 13.4. The van der Waals surface area contributed by atoms with Gasteiger partial charge in [-0.15, -0.1) is 0 Å². The number of nitrogens with one attached hydrogen (secondary N) is 1.